The normalized spacial score (nSPS) is 17.1. The van der Waals surface area contributed by atoms with Gasteiger partial charge < -0.3 is 9.47 Å². The van der Waals surface area contributed by atoms with Crippen LogP contribution in [0.4, 0.5) is 0 Å². The van der Waals surface area contributed by atoms with Crippen LogP contribution in [-0.2, 0) is 51.6 Å². The number of methoxy groups -OCH3 is 2. The standard InChI is InChI=1S/C30H26O8S2/c1-37-29(31)25-17-23-24(18-26(25)30(32)38-2)28(40(35,36)20-13-7-4-8-14-20)22-16-10-9-15-21(22)27(23)39(33,34)19-11-5-3-6-12-19/h3-16,25-26H,17-18H2,1-2H3/t25-,26-/m1/s1. The van der Waals surface area contributed by atoms with Gasteiger partial charge in [-0.25, -0.2) is 16.8 Å². The summed E-state index contributed by atoms with van der Waals surface area (Å²) >= 11 is 0. The van der Waals surface area contributed by atoms with Gasteiger partial charge in [0.15, 0.2) is 0 Å². The summed E-state index contributed by atoms with van der Waals surface area (Å²) in [5.74, 6) is -3.60. The number of esters is 2. The molecule has 4 aromatic rings. The van der Waals surface area contributed by atoms with Crippen LogP contribution in [0.1, 0.15) is 11.1 Å². The number of hydrogen-bond donors (Lipinski definition) is 0. The number of ether oxygens (including phenoxy) is 2. The lowest BCUT2D eigenvalue weighted by atomic mass is 9.75. The molecular formula is C30H26O8S2. The lowest BCUT2D eigenvalue weighted by Crippen LogP contribution is -2.39. The number of fused-ring (bicyclic) bond motifs is 2. The van der Waals surface area contributed by atoms with E-state index in [4.69, 9.17) is 9.47 Å². The average molecular weight is 579 g/mol. The number of sulfone groups is 2. The Bertz CT molecular complexity index is 1700. The third-order valence-electron chi connectivity index (χ3n) is 7.31. The molecule has 0 fully saturated rings. The molecule has 0 saturated heterocycles. The van der Waals surface area contributed by atoms with Crippen molar-refractivity contribution in [2.45, 2.75) is 32.4 Å². The molecule has 0 amide bonds. The molecule has 2 atom stereocenters. The summed E-state index contributed by atoms with van der Waals surface area (Å²) in [6, 6.07) is 22.0. The van der Waals surface area contributed by atoms with Crippen molar-refractivity contribution in [1.82, 2.24) is 0 Å². The fourth-order valence-electron chi connectivity index (χ4n) is 5.48. The third-order valence-corrected chi connectivity index (χ3v) is 11.1. The second-order valence-corrected chi connectivity index (χ2v) is 13.2. The topological polar surface area (TPSA) is 121 Å². The van der Waals surface area contributed by atoms with Crippen molar-refractivity contribution in [1.29, 1.82) is 0 Å². The lowest BCUT2D eigenvalue weighted by Gasteiger charge is -2.33. The Labute approximate surface area is 232 Å². The molecule has 0 aromatic heterocycles. The van der Waals surface area contributed by atoms with E-state index < -0.39 is 43.4 Å². The lowest BCUT2D eigenvalue weighted by molar-refractivity contribution is -0.158. The molecule has 0 spiro atoms. The molecule has 0 N–H and O–H groups in total. The van der Waals surface area contributed by atoms with Crippen LogP contribution in [0.25, 0.3) is 10.8 Å². The van der Waals surface area contributed by atoms with Crippen LogP contribution in [0.5, 0.6) is 0 Å². The largest absolute Gasteiger partial charge is 0.469 e. The van der Waals surface area contributed by atoms with Gasteiger partial charge in [0.05, 0.1) is 45.6 Å². The van der Waals surface area contributed by atoms with Crippen molar-refractivity contribution in [2.24, 2.45) is 11.8 Å². The van der Waals surface area contributed by atoms with Gasteiger partial charge in [0.2, 0.25) is 19.7 Å². The Morgan fingerprint density at radius 3 is 1.23 bits per heavy atom. The van der Waals surface area contributed by atoms with Crippen LogP contribution < -0.4 is 0 Å². The van der Waals surface area contributed by atoms with Crippen LogP contribution in [0.2, 0.25) is 0 Å². The molecule has 1 aliphatic carbocycles. The van der Waals surface area contributed by atoms with Gasteiger partial charge in [-0.2, -0.15) is 0 Å². The first-order valence-electron chi connectivity index (χ1n) is 12.4. The van der Waals surface area contributed by atoms with Crippen LogP contribution in [0.3, 0.4) is 0 Å². The van der Waals surface area contributed by atoms with Gasteiger partial charge in [0, 0.05) is 10.8 Å². The van der Waals surface area contributed by atoms with Crippen LogP contribution in [0, 0.1) is 11.8 Å². The molecule has 0 radical (unpaired) electrons. The Morgan fingerprint density at radius 1 is 0.575 bits per heavy atom. The minimum atomic E-state index is -4.20. The fourth-order valence-corrected chi connectivity index (χ4v) is 8.98. The summed E-state index contributed by atoms with van der Waals surface area (Å²) in [5.41, 5.74) is 0.347. The van der Waals surface area contributed by atoms with Crippen molar-refractivity contribution in [3.8, 4) is 0 Å². The van der Waals surface area contributed by atoms with Gasteiger partial charge in [-0.1, -0.05) is 60.7 Å². The number of hydrogen-bond acceptors (Lipinski definition) is 8. The molecular weight excluding hydrogens is 552 g/mol. The van der Waals surface area contributed by atoms with Crippen LogP contribution in [0.15, 0.2) is 105 Å². The van der Waals surface area contributed by atoms with Gasteiger partial charge >= 0.3 is 11.9 Å². The molecule has 10 heteroatoms. The fraction of sp³-hybridized carbons (Fsp3) is 0.200. The maximum Gasteiger partial charge on any atom is 0.309 e. The molecule has 0 bridgehead atoms. The summed E-state index contributed by atoms with van der Waals surface area (Å²) in [6.07, 6.45) is -0.462. The Morgan fingerprint density at radius 2 is 0.900 bits per heavy atom. The zero-order valence-corrected chi connectivity index (χ0v) is 23.4. The van der Waals surface area contributed by atoms with Crippen molar-refractivity contribution in [2.75, 3.05) is 14.2 Å². The van der Waals surface area contributed by atoms with Gasteiger partial charge in [0.25, 0.3) is 0 Å². The molecule has 40 heavy (non-hydrogen) atoms. The highest BCUT2D eigenvalue weighted by Gasteiger charge is 2.45. The highest BCUT2D eigenvalue weighted by atomic mass is 32.2. The van der Waals surface area contributed by atoms with E-state index in [9.17, 15) is 26.4 Å². The van der Waals surface area contributed by atoms with E-state index in [2.05, 4.69) is 0 Å². The molecule has 1 aliphatic rings. The van der Waals surface area contributed by atoms with E-state index in [0.717, 1.165) is 0 Å². The summed E-state index contributed by atoms with van der Waals surface area (Å²) in [5, 5.41) is 0.416. The van der Waals surface area contributed by atoms with E-state index in [0.29, 0.717) is 0 Å². The monoisotopic (exact) mass is 578 g/mol. The van der Waals surface area contributed by atoms with Gasteiger partial charge in [-0.05, 0) is 48.2 Å². The number of rotatable bonds is 6. The van der Waals surface area contributed by atoms with Crippen molar-refractivity contribution < 1.29 is 35.9 Å². The minimum absolute atomic E-state index is 0.0192. The molecule has 0 unspecified atom stereocenters. The zero-order chi connectivity index (χ0) is 28.7. The summed E-state index contributed by atoms with van der Waals surface area (Å²) in [4.78, 5) is 25.7. The van der Waals surface area contributed by atoms with E-state index in [1.54, 1.807) is 60.7 Å². The second kappa shape index (κ2) is 10.5. The van der Waals surface area contributed by atoms with E-state index in [1.807, 2.05) is 0 Å². The second-order valence-electron chi connectivity index (χ2n) is 9.46. The van der Waals surface area contributed by atoms with E-state index >= 15 is 0 Å². The van der Waals surface area contributed by atoms with Crippen molar-refractivity contribution >= 4 is 42.4 Å². The van der Waals surface area contributed by atoms with Gasteiger partial charge in [-0.3, -0.25) is 9.59 Å². The quantitative estimate of drug-likeness (QED) is 0.313. The zero-order valence-electron chi connectivity index (χ0n) is 21.7. The van der Waals surface area contributed by atoms with Gasteiger partial charge in [0.1, 0.15) is 0 Å². The Kier molecular flexibility index (Phi) is 7.24. The van der Waals surface area contributed by atoms with E-state index in [-0.39, 0.29) is 54.3 Å². The third kappa shape index (κ3) is 4.47. The predicted octanol–water partition coefficient (Wildman–Crippen LogP) is 4.18. The first-order valence-corrected chi connectivity index (χ1v) is 15.4. The first-order chi connectivity index (χ1) is 19.1. The summed E-state index contributed by atoms with van der Waals surface area (Å²) in [7, 11) is -6.03. The number of carbonyl (C=O) groups excluding carboxylic acids is 2. The molecule has 8 nitrogen and oxygen atoms in total. The van der Waals surface area contributed by atoms with Crippen LogP contribution >= 0.6 is 0 Å². The van der Waals surface area contributed by atoms with Crippen LogP contribution in [-0.4, -0.2) is 43.0 Å². The van der Waals surface area contributed by atoms with E-state index in [1.165, 1.54) is 38.5 Å². The SMILES string of the molecule is COC(=O)[C@@H]1Cc2c(c(S(=O)(=O)c3ccccc3)c3ccccc3c2S(=O)(=O)c2ccccc2)C[C@H]1C(=O)OC. The molecule has 4 aromatic carbocycles. The number of benzene rings is 4. The molecule has 5 rings (SSSR count). The first kappa shape index (κ1) is 27.5. The van der Waals surface area contributed by atoms with Crippen molar-refractivity contribution in [3.05, 3.63) is 96.1 Å². The predicted molar refractivity (Wildman–Crippen MR) is 146 cm³/mol. The molecule has 0 aliphatic heterocycles. The molecule has 0 saturated carbocycles. The highest BCUT2D eigenvalue weighted by molar-refractivity contribution is 7.92. The highest BCUT2D eigenvalue weighted by Crippen LogP contribution is 2.46. The summed E-state index contributed by atoms with van der Waals surface area (Å²) < 4.78 is 66.8. The van der Waals surface area contributed by atoms with Gasteiger partial charge in [-0.15, -0.1) is 0 Å². The Balaban J connectivity index is 1.95. The maximum absolute atomic E-state index is 14.2. The number of carbonyl (C=O) groups is 2. The Hall–Kier alpha value is -4.02. The maximum atomic E-state index is 14.2. The molecule has 0 heterocycles. The van der Waals surface area contributed by atoms with Crippen molar-refractivity contribution in [3.63, 3.8) is 0 Å². The molecule has 206 valence electrons. The smallest absolute Gasteiger partial charge is 0.309 e. The average Bonchev–Trinajstić information content (AvgIpc) is 2.98. The minimum Gasteiger partial charge on any atom is -0.469 e. The summed E-state index contributed by atoms with van der Waals surface area (Å²) in [6.45, 7) is 0.